The summed E-state index contributed by atoms with van der Waals surface area (Å²) in [4.78, 5) is 15.7. The second-order valence-electron chi connectivity index (χ2n) is 4.97. The molecule has 0 fully saturated rings. The smallest absolute Gasteiger partial charge is 0.373 e. The summed E-state index contributed by atoms with van der Waals surface area (Å²) in [6, 6.07) is 6.45. The molecule has 2 rings (SSSR count). The first-order valence-electron chi connectivity index (χ1n) is 7.68. The Kier molecular flexibility index (Phi) is 6.63. The highest BCUT2D eigenvalue weighted by Crippen LogP contribution is 2.24. The molecule has 2 aromatic heterocycles. The minimum Gasteiger partial charge on any atom is -0.463 e. The third-order valence-electron chi connectivity index (χ3n) is 3.46. The molecular weight excluding hydrogens is 364 g/mol. The highest BCUT2D eigenvalue weighted by atomic mass is 32.2. The summed E-state index contributed by atoms with van der Waals surface area (Å²) in [5.41, 5.74) is 0. The van der Waals surface area contributed by atoms with Crippen LogP contribution in [0.25, 0.3) is 0 Å². The normalized spacial score (nSPS) is 11.7. The van der Waals surface area contributed by atoms with Gasteiger partial charge in [0, 0.05) is 19.3 Å². The number of carbonyl (C=O) groups is 1. The predicted molar refractivity (Wildman–Crippen MR) is 94.0 cm³/mol. The fraction of sp³-hybridized carbons (Fsp3) is 0.375. The molecule has 7 nitrogen and oxygen atoms in total. The molecule has 0 atom stereocenters. The number of hydrogen-bond donors (Lipinski definition) is 0. The van der Waals surface area contributed by atoms with Crippen LogP contribution < -0.4 is 0 Å². The van der Waals surface area contributed by atoms with E-state index in [9.17, 15) is 13.2 Å². The summed E-state index contributed by atoms with van der Waals surface area (Å²) in [6.07, 6.45) is 1.36. The summed E-state index contributed by atoms with van der Waals surface area (Å²) < 4.78 is 36.1. The molecule has 0 bridgehead atoms. The van der Waals surface area contributed by atoms with Gasteiger partial charge in [0.15, 0.2) is 0 Å². The molecule has 136 valence electrons. The SMILES string of the molecule is CCN(CC)S(=O)(=O)c1ccc(SCc2ccc(C(=O)OC)o2)nc1. The average molecular weight is 384 g/mol. The van der Waals surface area contributed by atoms with Gasteiger partial charge >= 0.3 is 5.97 Å². The zero-order chi connectivity index (χ0) is 18.4. The monoisotopic (exact) mass is 384 g/mol. The van der Waals surface area contributed by atoms with Crippen LogP contribution in [-0.2, 0) is 20.5 Å². The van der Waals surface area contributed by atoms with Crippen molar-refractivity contribution in [2.45, 2.75) is 29.5 Å². The standard InChI is InChI=1S/C16H20N2O5S2/c1-4-18(5-2)25(20,21)13-7-9-15(17-10-13)24-11-12-6-8-14(23-12)16(19)22-3/h6-10H,4-5,11H2,1-3H3. The van der Waals surface area contributed by atoms with Gasteiger partial charge in [0.1, 0.15) is 10.7 Å². The Morgan fingerprint density at radius 3 is 2.52 bits per heavy atom. The number of nitrogens with zero attached hydrogens (tertiary/aromatic N) is 2. The van der Waals surface area contributed by atoms with Gasteiger partial charge in [-0.05, 0) is 24.3 Å². The summed E-state index contributed by atoms with van der Waals surface area (Å²) in [5.74, 6) is 0.686. The fourth-order valence-corrected chi connectivity index (χ4v) is 4.27. The van der Waals surface area contributed by atoms with Crippen molar-refractivity contribution in [2.24, 2.45) is 0 Å². The van der Waals surface area contributed by atoms with Crippen molar-refractivity contribution in [1.82, 2.24) is 9.29 Å². The number of methoxy groups -OCH3 is 1. The van der Waals surface area contributed by atoms with Crippen LogP contribution >= 0.6 is 11.8 Å². The zero-order valence-corrected chi connectivity index (χ0v) is 15.9. The van der Waals surface area contributed by atoms with Crippen LogP contribution in [0.2, 0.25) is 0 Å². The van der Waals surface area contributed by atoms with Crippen molar-refractivity contribution in [3.05, 3.63) is 42.0 Å². The van der Waals surface area contributed by atoms with E-state index in [4.69, 9.17) is 4.42 Å². The number of pyridine rings is 1. The molecule has 0 amide bonds. The van der Waals surface area contributed by atoms with Gasteiger partial charge in [0.2, 0.25) is 15.8 Å². The number of hydrogen-bond acceptors (Lipinski definition) is 7. The second kappa shape index (κ2) is 8.50. The second-order valence-corrected chi connectivity index (χ2v) is 7.90. The molecule has 0 saturated heterocycles. The minimum atomic E-state index is -3.50. The average Bonchev–Trinajstić information content (AvgIpc) is 3.09. The lowest BCUT2D eigenvalue weighted by molar-refractivity contribution is 0.0563. The number of ether oxygens (including phenoxy) is 1. The highest BCUT2D eigenvalue weighted by Gasteiger charge is 2.21. The summed E-state index contributed by atoms with van der Waals surface area (Å²) in [6.45, 7) is 4.42. The van der Waals surface area contributed by atoms with E-state index in [1.807, 2.05) is 0 Å². The number of sulfonamides is 1. The fourth-order valence-electron chi connectivity index (χ4n) is 2.13. The minimum absolute atomic E-state index is 0.145. The van der Waals surface area contributed by atoms with Crippen molar-refractivity contribution in [2.75, 3.05) is 20.2 Å². The zero-order valence-electron chi connectivity index (χ0n) is 14.3. The Labute approximate surface area is 151 Å². The number of thioether (sulfide) groups is 1. The largest absolute Gasteiger partial charge is 0.463 e. The molecule has 0 saturated carbocycles. The molecule has 0 N–H and O–H groups in total. The summed E-state index contributed by atoms with van der Waals surface area (Å²) >= 11 is 1.38. The molecule has 2 aromatic rings. The lowest BCUT2D eigenvalue weighted by atomic mass is 10.4. The van der Waals surface area contributed by atoms with Crippen molar-refractivity contribution in [3.8, 4) is 0 Å². The van der Waals surface area contributed by atoms with Gasteiger partial charge in [0.05, 0.1) is 17.9 Å². The molecule has 9 heteroatoms. The van der Waals surface area contributed by atoms with Crippen molar-refractivity contribution in [1.29, 1.82) is 0 Å². The van der Waals surface area contributed by atoms with E-state index in [-0.39, 0.29) is 10.7 Å². The van der Waals surface area contributed by atoms with E-state index in [1.165, 1.54) is 29.4 Å². The van der Waals surface area contributed by atoms with Crippen LogP contribution in [0.15, 0.2) is 44.8 Å². The Bertz CT molecular complexity index is 811. The van der Waals surface area contributed by atoms with E-state index in [0.717, 1.165) is 0 Å². The Balaban J connectivity index is 2.03. The molecule has 25 heavy (non-hydrogen) atoms. The topological polar surface area (TPSA) is 89.7 Å². The van der Waals surface area contributed by atoms with E-state index >= 15 is 0 Å². The van der Waals surface area contributed by atoms with E-state index < -0.39 is 16.0 Å². The first-order chi connectivity index (χ1) is 11.9. The van der Waals surface area contributed by atoms with Crippen LogP contribution in [0.3, 0.4) is 0 Å². The molecule has 2 heterocycles. The van der Waals surface area contributed by atoms with Gasteiger partial charge in [-0.15, -0.1) is 0 Å². The maximum atomic E-state index is 12.4. The molecule has 0 aliphatic rings. The molecule has 0 radical (unpaired) electrons. The van der Waals surface area contributed by atoms with E-state index in [2.05, 4.69) is 9.72 Å². The Morgan fingerprint density at radius 1 is 1.24 bits per heavy atom. The van der Waals surface area contributed by atoms with Gasteiger partial charge in [-0.1, -0.05) is 25.6 Å². The van der Waals surface area contributed by atoms with Crippen molar-refractivity contribution < 1.29 is 22.4 Å². The number of aromatic nitrogens is 1. The molecule has 0 spiro atoms. The van der Waals surface area contributed by atoms with Crippen LogP contribution in [0, 0.1) is 0 Å². The maximum Gasteiger partial charge on any atom is 0.373 e. The molecule has 0 aliphatic heterocycles. The third kappa shape index (κ3) is 4.62. The maximum absolute atomic E-state index is 12.4. The van der Waals surface area contributed by atoms with Crippen LogP contribution in [-0.4, -0.2) is 43.9 Å². The van der Waals surface area contributed by atoms with E-state index in [1.54, 1.807) is 38.1 Å². The molecule has 0 aromatic carbocycles. The lowest BCUT2D eigenvalue weighted by Crippen LogP contribution is -2.30. The quantitative estimate of drug-likeness (QED) is 0.510. The van der Waals surface area contributed by atoms with Crippen LogP contribution in [0.4, 0.5) is 0 Å². The third-order valence-corrected chi connectivity index (χ3v) is 6.46. The number of furan rings is 1. The molecular formula is C16H20N2O5S2. The number of rotatable bonds is 8. The molecule has 0 aliphatic carbocycles. The van der Waals surface area contributed by atoms with Gasteiger partial charge in [-0.3, -0.25) is 0 Å². The van der Waals surface area contributed by atoms with Crippen LogP contribution in [0.1, 0.15) is 30.2 Å². The number of esters is 1. The first-order valence-corrected chi connectivity index (χ1v) is 10.1. The Morgan fingerprint density at radius 2 is 1.96 bits per heavy atom. The van der Waals surface area contributed by atoms with Gasteiger partial charge in [-0.2, -0.15) is 4.31 Å². The van der Waals surface area contributed by atoms with Crippen molar-refractivity contribution >= 4 is 27.8 Å². The Hall–Kier alpha value is -1.84. The predicted octanol–water partition coefficient (Wildman–Crippen LogP) is 2.78. The van der Waals surface area contributed by atoms with Gasteiger partial charge in [0.25, 0.3) is 0 Å². The summed E-state index contributed by atoms with van der Waals surface area (Å²) in [7, 11) is -2.21. The van der Waals surface area contributed by atoms with Gasteiger partial charge in [-0.25, -0.2) is 18.2 Å². The first kappa shape index (κ1) is 19.5. The summed E-state index contributed by atoms with van der Waals surface area (Å²) in [5, 5.41) is 0.662. The van der Waals surface area contributed by atoms with E-state index in [0.29, 0.717) is 29.6 Å². The molecule has 0 unspecified atom stereocenters. The van der Waals surface area contributed by atoms with Crippen molar-refractivity contribution in [3.63, 3.8) is 0 Å². The van der Waals surface area contributed by atoms with Crippen LogP contribution in [0.5, 0.6) is 0 Å². The lowest BCUT2D eigenvalue weighted by Gasteiger charge is -2.18. The van der Waals surface area contributed by atoms with Gasteiger partial charge < -0.3 is 9.15 Å². The highest BCUT2D eigenvalue weighted by molar-refractivity contribution is 7.98. The number of carbonyl (C=O) groups excluding carboxylic acids is 1.